The van der Waals surface area contributed by atoms with Gasteiger partial charge < -0.3 is 68.3 Å². The summed E-state index contributed by atoms with van der Waals surface area (Å²) in [4.78, 5) is 67.0. The molecule has 10 heterocycles. The molecule has 4 aliphatic heterocycles. The molecule has 20 heteroatoms. The molecule has 0 amide bonds. The number of hydrogen-bond acceptors (Lipinski definition) is 14. The van der Waals surface area contributed by atoms with Crippen molar-refractivity contribution < 1.29 is 67.4 Å². The van der Waals surface area contributed by atoms with E-state index in [2.05, 4.69) is 199 Å². The second-order valence-electron chi connectivity index (χ2n) is 30.0. The number of nitrogens with zero attached hydrogens (tertiary/aromatic N) is 12. The first-order valence-electron chi connectivity index (χ1n) is 41.7. The topological polar surface area (TPSA) is 215 Å². The van der Waals surface area contributed by atoms with E-state index in [9.17, 15) is 0 Å². The average molecular weight is 1690 g/mol. The van der Waals surface area contributed by atoms with Crippen LogP contribution in [0.2, 0.25) is 0 Å². The molecule has 0 atom stereocenters. The quantitative estimate of drug-likeness (QED) is 0.0315. The summed E-state index contributed by atoms with van der Waals surface area (Å²) in [6.45, 7) is 15.8. The fourth-order valence-electron chi connectivity index (χ4n) is 15.5. The number of unbranched alkanes of at least 4 members (excludes halogenated alkanes) is 6. The molecule has 0 fully saturated rings. The van der Waals surface area contributed by atoms with Gasteiger partial charge in [0.15, 0.2) is 34.5 Å². The maximum Gasteiger partial charge on any atom is 2.00 e. The fourth-order valence-corrected chi connectivity index (χ4v) is 15.5. The van der Waals surface area contributed by atoms with E-state index >= 15 is 0 Å². The van der Waals surface area contributed by atoms with Crippen LogP contribution in [-0.2, 0) is 39.0 Å². The van der Waals surface area contributed by atoms with Gasteiger partial charge in [-0.2, -0.15) is 0 Å². The van der Waals surface area contributed by atoms with Gasteiger partial charge in [-0.1, -0.05) is 238 Å². The van der Waals surface area contributed by atoms with Gasteiger partial charge >= 0.3 is 39.0 Å². The molecule has 120 heavy (non-hydrogen) atoms. The predicted octanol–water partition coefficient (Wildman–Crippen LogP) is 23.5. The van der Waals surface area contributed by atoms with Crippen LogP contribution in [-0.4, -0.2) is 79.5 Å². The number of benzene rings is 8. The van der Waals surface area contributed by atoms with Crippen molar-refractivity contribution >= 4 is 90.0 Å². The van der Waals surface area contributed by atoms with Gasteiger partial charge in [-0.05, 0) is 171 Å². The van der Waals surface area contributed by atoms with Crippen molar-refractivity contribution in [2.45, 2.75) is 119 Å². The van der Waals surface area contributed by atoms with E-state index in [1.165, 1.54) is 0 Å². The number of ether oxygens (including phenoxy) is 6. The van der Waals surface area contributed by atoms with E-state index in [4.69, 9.17) is 88.2 Å². The van der Waals surface area contributed by atoms with E-state index in [0.717, 1.165) is 166 Å². The minimum atomic E-state index is 0. The van der Waals surface area contributed by atoms with Crippen molar-refractivity contribution in [3.63, 3.8) is 0 Å². The first-order valence-corrected chi connectivity index (χ1v) is 41.7. The molecular weight excluding hydrogens is 1600 g/mol. The SMILES string of the molecule is CCCCOc1cc2c(cc1OCCCC)-c1nc-2nc2[n-]c(nc3nc(nc4[n-]c(n1)c1cc(OCCCC)c(OCCCC)cc41)-c1cc(C4=Cc5nc4c(-c4ccccc4)c4ccc([n-]4)c(-c4ccccc4)c4nc(c(-c6ccccc6)c6ccc([n-]6)c5-c5ccccc5)C=C4)ccc1-3)c1cc(OCCCC)c(OCCCC)cc21.[Zn+2].[Zn+2]. The van der Waals surface area contributed by atoms with Crippen LogP contribution in [0.1, 0.15) is 147 Å². The van der Waals surface area contributed by atoms with Crippen LogP contribution >= 0.6 is 0 Å². The molecule has 16 bridgehead atoms. The Balaban J connectivity index is 0.00000536. The van der Waals surface area contributed by atoms with Crippen molar-refractivity contribution in [2.75, 3.05) is 39.6 Å². The molecule has 0 aliphatic carbocycles. The first kappa shape index (κ1) is 81.5. The van der Waals surface area contributed by atoms with Crippen LogP contribution in [0, 0.1) is 0 Å². The van der Waals surface area contributed by atoms with Gasteiger partial charge in [0.25, 0.3) is 0 Å². The Bertz CT molecular complexity index is 6560. The van der Waals surface area contributed by atoms with Gasteiger partial charge in [-0.15, -0.1) is 22.1 Å². The first-order chi connectivity index (χ1) is 58.2. The van der Waals surface area contributed by atoms with E-state index in [1.807, 2.05) is 60.7 Å². The summed E-state index contributed by atoms with van der Waals surface area (Å²) < 4.78 is 40.0. The van der Waals surface area contributed by atoms with Crippen LogP contribution < -0.4 is 48.4 Å². The summed E-state index contributed by atoms with van der Waals surface area (Å²) in [5.41, 5.74) is 18.9. The van der Waals surface area contributed by atoms with Crippen LogP contribution in [0.15, 0.2) is 200 Å². The molecule has 18 nitrogen and oxygen atoms in total. The molecule has 0 N–H and O–H groups in total. The monoisotopic (exact) mass is 1680 g/mol. The van der Waals surface area contributed by atoms with E-state index in [1.54, 1.807) is 0 Å². The Morgan fingerprint density at radius 1 is 0.258 bits per heavy atom. The zero-order valence-corrected chi connectivity index (χ0v) is 74.7. The molecule has 590 valence electrons. The fraction of sp³-hybridized carbons (Fsp3) is 0.240. The van der Waals surface area contributed by atoms with E-state index in [0.29, 0.717) is 175 Å². The van der Waals surface area contributed by atoms with E-state index in [-0.39, 0.29) is 39.0 Å². The van der Waals surface area contributed by atoms with Gasteiger partial charge in [0.2, 0.25) is 0 Å². The van der Waals surface area contributed by atoms with Gasteiger partial charge in [0.05, 0.1) is 85.7 Å². The molecular formula is C100H90N12O6Zn2. The van der Waals surface area contributed by atoms with Crippen molar-refractivity contribution in [2.24, 2.45) is 0 Å². The maximum atomic E-state index is 6.71. The van der Waals surface area contributed by atoms with Gasteiger partial charge in [-0.25, -0.2) is 19.9 Å². The van der Waals surface area contributed by atoms with Crippen LogP contribution in [0.25, 0.3) is 180 Å². The summed E-state index contributed by atoms with van der Waals surface area (Å²) in [7, 11) is 0. The van der Waals surface area contributed by atoms with Gasteiger partial charge in [0, 0.05) is 50.4 Å². The normalized spacial score (nSPS) is 11.9. The van der Waals surface area contributed by atoms with Crippen molar-refractivity contribution in [3.8, 4) is 125 Å². The standard InChI is InChI=1S/C100H90N12O6.2Zn/c1-7-13-47-113-82-55-69-70(56-83(82)114-48-14-8-2)97-108-95(69)106-93-66-40-39-65(53-68(66)94(105-93)107-96-71-57-84(115-49-15-9-3)85(116-50-16-10-4)58-72(71)98(109-96)111-100-74-60-87(118-52-18-12-6)86(117-51-17-11-5)59-73(74)99(110-97)112-100)67-54-81-90(63-35-27-21-28-36-63)79-44-43-77(102-79)88(61-31-23-19-24-32-61)75-41-42-76(101-75)89(62-33-25-20-26-34-62)78-45-46-80(103-78)91(92(67)104-81)64-37-29-22-30-38-64;;/h19-46,53-60H,7-18,47-52H2,1-6H3;;/q-4;2*+2. The van der Waals surface area contributed by atoms with E-state index < -0.39 is 0 Å². The molecule has 14 aromatic rings. The van der Waals surface area contributed by atoms with Crippen LogP contribution in [0.4, 0.5) is 0 Å². The number of aromatic nitrogens is 12. The Kier molecular flexibility index (Phi) is 25.1. The molecule has 0 unspecified atom stereocenters. The summed E-state index contributed by atoms with van der Waals surface area (Å²) in [5.74, 6) is 4.86. The predicted molar refractivity (Wildman–Crippen MR) is 473 cm³/mol. The molecule has 0 saturated heterocycles. The van der Waals surface area contributed by atoms with Crippen molar-refractivity contribution in [3.05, 3.63) is 229 Å². The third-order valence-corrected chi connectivity index (χ3v) is 21.7. The van der Waals surface area contributed by atoms with Crippen molar-refractivity contribution in [1.82, 2.24) is 59.8 Å². The summed E-state index contributed by atoms with van der Waals surface area (Å²) in [6, 6.07) is 68.3. The number of hydrogen-bond donors (Lipinski definition) is 0. The largest absolute Gasteiger partial charge is 2.00 e. The molecule has 8 aromatic carbocycles. The third-order valence-electron chi connectivity index (χ3n) is 21.7. The molecule has 4 aliphatic rings. The Labute approximate surface area is 723 Å². The smallest absolute Gasteiger partial charge is 0.657 e. The van der Waals surface area contributed by atoms with Gasteiger partial charge in [0.1, 0.15) is 0 Å². The summed E-state index contributed by atoms with van der Waals surface area (Å²) >= 11 is 0. The maximum absolute atomic E-state index is 6.71. The molecule has 6 aromatic heterocycles. The molecule has 0 spiro atoms. The number of fused-ring (bicyclic) bond motifs is 28. The third kappa shape index (κ3) is 16.4. The van der Waals surface area contributed by atoms with Crippen molar-refractivity contribution in [1.29, 1.82) is 0 Å². The molecule has 0 saturated carbocycles. The zero-order valence-electron chi connectivity index (χ0n) is 68.7. The van der Waals surface area contributed by atoms with Crippen LogP contribution in [0.5, 0.6) is 34.5 Å². The minimum Gasteiger partial charge on any atom is -0.657 e. The Morgan fingerprint density at radius 3 is 0.900 bits per heavy atom. The Morgan fingerprint density at radius 2 is 0.558 bits per heavy atom. The number of rotatable bonds is 29. The molecule has 18 rings (SSSR count). The van der Waals surface area contributed by atoms with Crippen LogP contribution in [0.3, 0.4) is 0 Å². The second kappa shape index (κ2) is 37.0. The second-order valence-corrected chi connectivity index (χ2v) is 30.0. The average Bonchev–Trinajstić information content (AvgIpc) is 1.59. The Hall–Kier alpha value is -12.2. The van der Waals surface area contributed by atoms with Gasteiger partial charge in [-0.3, -0.25) is 0 Å². The zero-order chi connectivity index (χ0) is 80.0. The minimum absolute atomic E-state index is 0. The summed E-state index contributed by atoms with van der Waals surface area (Å²) in [6.07, 6.45) is 17.1. The molecule has 0 radical (unpaired) electrons. The summed E-state index contributed by atoms with van der Waals surface area (Å²) in [5, 5.41) is 2.67.